The minimum absolute atomic E-state index is 0.423. The van der Waals surface area contributed by atoms with Gasteiger partial charge in [-0.1, -0.05) is 117 Å². The minimum atomic E-state index is 0.423. The third-order valence-corrected chi connectivity index (χ3v) is 9.08. The average molecular weight is 592 g/mol. The van der Waals surface area contributed by atoms with E-state index in [9.17, 15) is 0 Å². The van der Waals surface area contributed by atoms with Gasteiger partial charge in [-0.3, -0.25) is 0 Å². The van der Waals surface area contributed by atoms with Gasteiger partial charge in [-0.15, -0.1) is 0 Å². The second-order valence-corrected chi connectivity index (χ2v) is 12.2. The number of fused-ring (bicyclic) bond motifs is 10. The standard InChI is InChI=1S/C42H29N3O/c1-25(2)28-18-21-36-35(23-28)39-37(46-36)22-20-32-30-15-9-10-16-31(30)34-24-29(17-19-33(34)38(32)39)42-44-40(26-11-5-3-6-12-26)43-41(45-42)27-13-7-4-8-14-27/h3-25H,1-2H3. The van der Waals surface area contributed by atoms with E-state index < -0.39 is 0 Å². The molecule has 0 amide bonds. The van der Waals surface area contributed by atoms with Crippen molar-refractivity contribution in [3.05, 3.63) is 139 Å². The van der Waals surface area contributed by atoms with Crippen molar-refractivity contribution in [1.82, 2.24) is 15.0 Å². The van der Waals surface area contributed by atoms with Gasteiger partial charge in [0.25, 0.3) is 0 Å². The molecule has 0 N–H and O–H groups in total. The van der Waals surface area contributed by atoms with E-state index in [2.05, 4.69) is 86.6 Å². The monoisotopic (exact) mass is 591 g/mol. The summed E-state index contributed by atoms with van der Waals surface area (Å²) in [7, 11) is 0. The van der Waals surface area contributed by atoms with Crippen molar-refractivity contribution in [3.63, 3.8) is 0 Å². The van der Waals surface area contributed by atoms with E-state index in [1.165, 1.54) is 32.5 Å². The Kier molecular flexibility index (Phi) is 5.97. The Labute approximate surface area is 266 Å². The van der Waals surface area contributed by atoms with Gasteiger partial charge in [-0.25, -0.2) is 15.0 Å². The van der Waals surface area contributed by atoms with Gasteiger partial charge >= 0.3 is 0 Å². The molecule has 0 spiro atoms. The van der Waals surface area contributed by atoms with Gasteiger partial charge in [-0.05, 0) is 68.7 Å². The van der Waals surface area contributed by atoms with Gasteiger partial charge in [0.1, 0.15) is 11.2 Å². The maximum Gasteiger partial charge on any atom is 0.164 e. The summed E-state index contributed by atoms with van der Waals surface area (Å²) in [6.45, 7) is 4.47. The smallest absolute Gasteiger partial charge is 0.164 e. The van der Waals surface area contributed by atoms with E-state index in [0.717, 1.165) is 44.0 Å². The van der Waals surface area contributed by atoms with Crippen molar-refractivity contribution >= 4 is 54.3 Å². The fraction of sp³-hybridized carbons (Fsp3) is 0.0714. The highest BCUT2D eigenvalue weighted by Crippen LogP contribution is 2.43. The lowest BCUT2D eigenvalue weighted by Gasteiger charge is -2.13. The molecule has 2 heterocycles. The zero-order valence-electron chi connectivity index (χ0n) is 25.5. The minimum Gasteiger partial charge on any atom is -0.456 e. The molecule has 9 rings (SSSR count). The van der Waals surface area contributed by atoms with E-state index in [1.54, 1.807) is 0 Å². The van der Waals surface area contributed by atoms with Crippen LogP contribution >= 0.6 is 0 Å². The number of nitrogens with zero attached hydrogens (tertiary/aromatic N) is 3. The first kappa shape index (κ1) is 26.5. The molecule has 0 fully saturated rings. The molecule has 0 unspecified atom stereocenters. The van der Waals surface area contributed by atoms with Crippen molar-refractivity contribution in [2.45, 2.75) is 19.8 Å². The molecule has 0 aliphatic rings. The molecule has 0 aliphatic heterocycles. The molecule has 4 nitrogen and oxygen atoms in total. The summed E-state index contributed by atoms with van der Waals surface area (Å²) in [4.78, 5) is 14.9. The summed E-state index contributed by atoms with van der Waals surface area (Å²) in [5.74, 6) is 2.37. The highest BCUT2D eigenvalue weighted by Gasteiger charge is 2.19. The van der Waals surface area contributed by atoms with E-state index in [-0.39, 0.29) is 0 Å². The van der Waals surface area contributed by atoms with Gasteiger partial charge in [0.15, 0.2) is 17.5 Å². The SMILES string of the molecule is CC(C)c1ccc2oc3ccc4c5ccccc5c5cc(-c6nc(-c7ccccc7)nc(-c7ccccc7)n6)ccc5c4c3c2c1. The summed E-state index contributed by atoms with van der Waals surface area (Å²) in [5, 5.41) is 9.50. The molecule has 9 aromatic rings. The van der Waals surface area contributed by atoms with Crippen LogP contribution in [0.5, 0.6) is 0 Å². The lowest BCUT2D eigenvalue weighted by Crippen LogP contribution is -2.00. The Morgan fingerprint density at radius 2 is 0.957 bits per heavy atom. The number of hydrogen-bond donors (Lipinski definition) is 0. The fourth-order valence-corrected chi connectivity index (χ4v) is 6.76. The van der Waals surface area contributed by atoms with Crippen LogP contribution in [-0.2, 0) is 0 Å². The first-order valence-corrected chi connectivity index (χ1v) is 15.7. The van der Waals surface area contributed by atoms with Gasteiger partial charge in [-0.2, -0.15) is 0 Å². The summed E-state index contributed by atoms with van der Waals surface area (Å²) < 4.78 is 6.43. The second kappa shape index (κ2) is 10.4. The summed E-state index contributed by atoms with van der Waals surface area (Å²) >= 11 is 0. The lowest BCUT2D eigenvalue weighted by atomic mass is 9.90. The largest absolute Gasteiger partial charge is 0.456 e. The predicted molar refractivity (Wildman–Crippen MR) is 190 cm³/mol. The molecule has 0 bridgehead atoms. The summed E-state index contributed by atoms with van der Waals surface area (Å²) in [6.07, 6.45) is 0. The molecular weight excluding hydrogens is 562 g/mol. The highest BCUT2D eigenvalue weighted by molar-refractivity contribution is 6.34. The van der Waals surface area contributed by atoms with Crippen LogP contribution in [0.2, 0.25) is 0 Å². The zero-order chi connectivity index (χ0) is 30.8. The van der Waals surface area contributed by atoms with E-state index in [1.807, 2.05) is 60.7 Å². The van der Waals surface area contributed by atoms with Crippen LogP contribution in [0, 0.1) is 0 Å². The maximum absolute atomic E-state index is 6.43. The van der Waals surface area contributed by atoms with Crippen LogP contribution < -0.4 is 0 Å². The average Bonchev–Trinajstić information content (AvgIpc) is 3.50. The number of benzene rings is 7. The molecule has 218 valence electrons. The molecule has 4 heteroatoms. The van der Waals surface area contributed by atoms with E-state index in [0.29, 0.717) is 23.4 Å². The highest BCUT2D eigenvalue weighted by atomic mass is 16.3. The molecule has 0 saturated carbocycles. The van der Waals surface area contributed by atoms with Gasteiger partial charge in [0, 0.05) is 32.8 Å². The Morgan fingerprint density at radius 1 is 0.413 bits per heavy atom. The number of aromatic nitrogens is 3. The van der Waals surface area contributed by atoms with Crippen LogP contribution in [-0.4, -0.2) is 15.0 Å². The first-order chi connectivity index (χ1) is 22.6. The molecule has 0 atom stereocenters. The second-order valence-electron chi connectivity index (χ2n) is 12.2. The molecule has 2 aromatic heterocycles. The molecule has 0 saturated heterocycles. The van der Waals surface area contributed by atoms with Gasteiger partial charge in [0.2, 0.25) is 0 Å². The topological polar surface area (TPSA) is 51.8 Å². The third-order valence-electron chi connectivity index (χ3n) is 9.08. The Morgan fingerprint density at radius 3 is 1.61 bits per heavy atom. The van der Waals surface area contributed by atoms with Crippen LogP contribution in [0.15, 0.2) is 138 Å². The van der Waals surface area contributed by atoms with Crippen LogP contribution in [0.1, 0.15) is 25.3 Å². The van der Waals surface area contributed by atoms with Crippen molar-refractivity contribution in [1.29, 1.82) is 0 Å². The molecule has 0 aliphatic carbocycles. The van der Waals surface area contributed by atoms with Crippen molar-refractivity contribution in [2.24, 2.45) is 0 Å². The third kappa shape index (κ3) is 4.18. The van der Waals surface area contributed by atoms with Crippen LogP contribution in [0.25, 0.3) is 88.4 Å². The number of rotatable bonds is 4. The Balaban J connectivity index is 1.36. The predicted octanol–water partition coefficient (Wildman–Crippen LogP) is 11.4. The zero-order valence-corrected chi connectivity index (χ0v) is 25.5. The number of furan rings is 1. The Hall–Kier alpha value is -5.87. The van der Waals surface area contributed by atoms with E-state index >= 15 is 0 Å². The molecule has 46 heavy (non-hydrogen) atoms. The fourth-order valence-electron chi connectivity index (χ4n) is 6.76. The van der Waals surface area contributed by atoms with Gasteiger partial charge < -0.3 is 4.42 Å². The van der Waals surface area contributed by atoms with Crippen LogP contribution in [0.3, 0.4) is 0 Å². The quantitative estimate of drug-likeness (QED) is 0.191. The Bertz CT molecular complexity index is 2550. The van der Waals surface area contributed by atoms with Crippen molar-refractivity contribution in [3.8, 4) is 34.2 Å². The van der Waals surface area contributed by atoms with E-state index in [4.69, 9.17) is 19.4 Å². The molecule has 7 aromatic carbocycles. The normalized spacial score (nSPS) is 11.9. The van der Waals surface area contributed by atoms with Crippen molar-refractivity contribution in [2.75, 3.05) is 0 Å². The maximum atomic E-state index is 6.43. The summed E-state index contributed by atoms with van der Waals surface area (Å²) in [5.41, 5.74) is 5.97. The molecular formula is C42H29N3O. The molecule has 0 radical (unpaired) electrons. The van der Waals surface area contributed by atoms with Gasteiger partial charge in [0.05, 0.1) is 0 Å². The van der Waals surface area contributed by atoms with Crippen LogP contribution in [0.4, 0.5) is 0 Å². The summed E-state index contributed by atoms with van der Waals surface area (Å²) in [6, 6.07) is 46.5. The lowest BCUT2D eigenvalue weighted by molar-refractivity contribution is 0.669. The number of hydrogen-bond acceptors (Lipinski definition) is 4. The van der Waals surface area contributed by atoms with Crippen molar-refractivity contribution < 1.29 is 4.42 Å². The first-order valence-electron chi connectivity index (χ1n) is 15.7.